The molecule has 2 aromatic carbocycles. The monoisotopic (exact) mass is 335 g/mol. The second-order valence-corrected chi connectivity index (χ2v) is 5.02. The SMILES string of the molecule is COc1ccc(C(CC(=O)O)NC(=O)c2ccc(F)cc2F)cc1. The Balaban J connectivity index is 2.24. The van der Waals surface area contributed by atoms with Crippen LogP contribution in [-0.4, -0.2) is 24.1 Å². The molecule has 0 aliphatic rings. The molecule has 0 saturated heterocycles. The number of amides is 1. The van der Waals surface area contributed by atoms with Crippen LogP contribution < -0.4 is 10.1 Å². The van der Waals surface area contributed by atoms with Gasteiger partial charge < -0.3 is 15.2 Å². The molecule has 7 heteroatoms. The van der Waals surface area contributed by atoms with E-state index in [0.717, 1.165) is 12.1 Å². The van der Waals surface area contributed by atoms with Gasteiger partial charge in [-0.1, -0.05) is 12.1 Å². The van der Waals surface area contributed by atoms with Gasteiger partial charge in [0.1, 0.15) is 17.4 Å². The minimum atomic E-state index is -1.13. The number of hydrogen-bond donors (Lipinski definition) is 2. The van der Waals surface area contributed by atoms with E-state index in [1.54, 1.807) is 24.3 Å². The van der Waals surface area contributed by atoms with Gasteiger partial charge in [-0.15, -0.1) is 0 Å². The molecule has 0 fully saturated rings. The molecule has 0 heterocycles. The zero-order chi connectivity index (χ0) is 17.7. The smallest absolute Gasteiger partial charge is 0.305 e. The lowest BCUT2D eigenvalue weighted by Crippen LogP contribution is -2.30. The third kappa shape index (κ3) is 4.28. The quantitative estimate of drug-likeness (QED) is 0.851. The van der Waals surface area contributed by atoms with Gasteiger partial charge in [0.15, 0.2) is 0 Å². The summed E-state index contributed by atoms with van der Waals surface area (Å²) in [6.07, 6.45) is -0.388. The molecule has 0 bridgehead atoms. The van der Waals surface area contributed by atoms with E-state index < -0.39 is 29.6 Å². The molecular weight excluding hydrogens is 320 g/mol. The number of ether oxygens (including phenoxy) is 1. The first-order chi connectivity index (χ1) is 11.4. The fraction of sp³-hybridized carbons (Fsp3) is 0.176. The standard InChI is InChI=1S/C17H15F2NO4/c1-24-12-5-2-10(3-6-12)15(9-16(21)22)20-17(23)13-7-4-11(18)8-14(13)19/h2-8,15H,9H2,1H3,(H,20,23)(H,21,22). The molecule has 2 aromatic rings. The molecule has 0 aliphatic carbocycles. The second-order valence-electron chi connectivity index (χ2n) is 5.02. The van der Waals surface area contributed by atoms with Crippen molar-refractivity contribution in [3.8, 4) is 5.75 Å². The van der Waals surface area contributed by atoms with Crippen molar-refractivity contribution in [2.75, 3.05) is 7.11 Å². The first kappa shape index (κ1) is 17.4. The van der Waals surface area contributed by atoms with Gasteiger partial charge in [0.25, 0.3) is 5.91 Å². The Morgan fingerprint density at radius 1 is 1.17 bits per heavy atom. The normalized spacial score (nSPS) is 11.6. The molecule has 0 spiro atoms. The Kier molecular flexibility index (Phi) is 5.47. The summed E-state index contributed by atoms with van der Waals surface area (Å²) >= 11 is 0. The number of aliphatic carboxylic acids is 1. The van der Waals surface area contributed by atoms with Crippen molar-refractivity contribution in [1.82, 2.24) is 5.32 Å². The summed E-state index contributed by atoms with van der Waals surface area (Å²) in [4.78, 5) is 23.2. The summed E-state index contributed by atoms with van der Waals surface area (Å²) in [6.45, 7) is 0. The lowest BCUT2D eigenvalue weighted by atomic mass is 10.0. The molecule has 0 saturated carbocycles. The van der Waals surface area contributed by atoms with Crippen LogP contribution in [0.1, 0.15) is 28.4 Å². The maximum atomic E-state index is 13.7. The molecule has 126 valence electrons. The van der Waals surface area contributed by atoms with Crippen LogP contribution in [0, 0.1) is 11.6 Å². The first-order valence-electron chi connectivity index (χ1n) is 7.02. The van der Waals surface area contributed by atoms with Gasteiger partial charge in [-0.05, 0) is 29.8 Å². The topological polar surface area (TPSA) is 75.6 Å². The number of carboxylic acid groups (broad SMARTS) is 1. The molecule has 2 N–H and O–H groups in total. The Morgan fingerprint density at radius 3 is 2.38 bits per heavy atom. The average molecular weight is 335 g/mol. The number of carbonyl (C=O) groups excluding carboxylic acids is 1. The highest BCUT2D eigenvalue weighted by molar-refractivity contribution is 5.95. The zero-order valence-corrected chi connectivity index (χ0v) is 12.8. The van der Waals surface area contributed by atoms with Crippen LogP contribution in [0.25, 0.3) is 0 Å². The van der Waals surface area contributed by atoms with Crippen molar-refractivity contribution in [2.45, 2.75) is 12.5 Å². The Morgan fingerprint density at radius 2 is 1.83 bits per heavy atom. The zero-order valence-electron chi connectivity index (χ0n) is 12.8. The second kappa shape index (κ2) is 7.54. The number of carboxylic acids is 1. The van der Waals surface area contributed by atoms with Gasteiger partial charge in [-0.2, -0.15) is 0 Å². The molecule has 0 aliphatic heterocycles. The summed E-state index contributed by atoms with van der Waals surface area (Å²) < 4.78 is 31.6. The number of rotatable bonds is 6. The van der Waals surface area contributed by atoms with Gasteiger partial charge in [0.2, 0.25) is 0 Å². The predicted molar refractivity (Wildman–Crippen MR) is 81.8 cm³/mol. The van der Waals surface area contributed by atoms with Crippen LogP contribution in [0.15, 0.2) is 42.5 Å². The third-order valence-corrected chi connectivity index (χ3v) is 3.38. The number of halogens is 2. The van der Waals surface area contributed by atoms with E-state index in [2.05, 4.69) is 5.32 Å². The summed E-state index contributed by atoms with van der Waals surface area (Å²) in [7, 11) is 1.49. The van der Waals surface area contributed by atoms with Gasteiger partial charge in [-0.25, -0.2) is 8.78 Å². The number of nitrogens with one attached hydrogen (secondary N) is 1. The fourth-order valence-corrected chi connectivity index (χ4v) is 2.17. The minimum Gasteiger partial charge on any atom is -0.497 e. The number of methoxy groups -OCH3 is 1. The van der Waals surface area contributed by atoms with Crippen LogP contribution >= 0.6 is 0 Å². The maximum absolute atomic E-state index is 13.7. The predicted octanol–water partition coefficient (Wildman–Crippen LogP) is 2.92. The van der Waals surface area contributed by atoms with Gasteiger partial charge in [0.05, 0.1) is 25.1 Å². The maximum Gasteiger partial charge on any atom is 0.305 e. The molecule has 2 rings (SSSR count). The minimum absolute atomic E-state index is 0.361. The van der Waals surface area contributed by atoms with Crippen LogP contribution in [-0.2, 0) is 4.79 Å². The molecule has 0 aromatic heterocycles. The molecule has 24 heavy (non-hydrogen) atoms. The average Bonchev–Trinajstić information content (AvgIpc) is 2.53. The summed E-state index contributed by atoms with van der Waals surface area (Å²) in [6, 6.07) is 8.13. The Labute approximate surface area is 136 Å². The van der Waals surface area contributed by atoms with Gasteiger partial charge >= 0.3 is 5.97 Å². The number of carbonyl (C=O) groups is 2. The molecule has 1 amide bonds. The third-order valence-electron chi connectivity index (χ3n) is 3.38. The van der Waals surface area contributed by atoms with Crippen molar-refractivity contribution >= 4 is 11.9 Å². The van der Waals surface area contributed by atoms with E-state index in [4.69, 9.17) is 9.84 Å². The van der Waals surface area contributed by atoms with Crippen molar-refractivity contribution < 1.29 is 28.2 Å². The largest absolute Gasteiger partial charge is 0.497 e. The fourth-order valence-electron chi connectivity index (χ4n) is 2.17. The van der Waals surface area contributed by atoms with Crippen molar-refractivity contribution in [3.05, 3.63) is 65.2 Å². The van der Waals surface area contributed by atoms with Crippen LogP contribution in [0.4, 0.5) is 8.78 Å². The van der Waals surface area contributed by atoms with E-state index in [1.165, 1.54) is 7.11 Å². The summed E-state index contributed by atoms with van der Waals surface area (Å²) in [5.74, 6) is -3.20. The van der Waals surface area contributed by atoms with E-state index in [9.17, 15) is 18.4 Å². The van der Waals surface area contributed by atoms with Crippen LogP contribution in [0.5, 0.6) is 5.75 Å². The van der Waals surface area contributed by atoms with Gasteiger partial charge in [0, 0.05) is 6.07 Å². The lowest BCUT2D eigenvalue weighted by Gasteiger charge is -2.18. The van der Waals surface area contributed by atoms with Crippen molar-refractivity contribution in [2.24, 2.45) is 0 Å². The number of benzene rings is 2. The highest BCUT2D eigenvalue weighted by Gasteiger charge is 2.21. The van der Waals surface area contributed by atoms with Crippen molar-refractivity contribution in [3.63, 3.8) is 0 Å². The van der Waals surface area contributed by atoms with E-state index in [0.29, 0.717) is 17.4 Å². The van der Waals surface area contributed by atoms with E-state index in [1.807, 2.05) is 0 Å². The van der Waals surface area contributed by atoms with Gasteiger partial charge in [-0.3, -0.25) is 9.59 Å². The molecule has 5 nitrogen and oxygen atoms in total. The highest BCUT2D eigenvalue weighted by atomic mass is 19.1. The van der Waals surface area contributed by atoms with Crippen LogP contribution in [0.2, 0.25) is 0 Å². The molecule has 1 unspecified atom stereocenters. The summed E-state index contributed by atoms with van der Waals surface area (Å²) in [5, 5.41) is 11.5. The van der Waals surface area contributed by atoms with E-state index >= 15 is 0 Å². The first-order valence-corrected chi connectivity index (χ1v) is 7.02. The highest BCUT2D eigenvalue weighted by Crippen LogP contribution is 2.21. The Hall–Kier alpha value is -2.96. The van der Waals surface area contributed by atoms with E-state index in [-0.39, 0.29) is 12.0 Å². The molecule has 1 atom stereocenters. The Bertz CT molecular complexity index is 747. The number of hydrogen-bond acceptors (Lipinski definition) is 3. The molecule has 0 radical (unpaired) electrons. The van der Waals surface area contributed by atoms with Crippen molar-refractivity contribution in [1.29, 1.82) is 0 Å². The molecular formula is C17H15F2NO4. The summed E-state index contributed by atoms with van der Waals surface area (Å²) in [5.41, 5.74) is 0.161. The van der Waals surface area contributed by atoms with Crippen LogP contribution in [0.3, 0.4) is 0 Å². The lowest BCUT2D eigenvalue weighted by molar-refractivity contribution is -0.137.